The normalized spacial score (nSPS) is 11.7. The van der Waals surface area contributed by atoms with Gasteiger partial charge in [0.25, 0.3) is 0 Å². The molecule has 2 N–H and O–H groups in total. The molecule has 3 aromatic rings. The SMILES string of the molecule is O=C(NCCC#Cc1cccc(O)c1)OCC1c2ccccc2-c2ccccc21. The lowest BCUT2D eigenvalue weighted by Gasteiger charge is -2.14. The quantitative estimate of drug-likeness (QED) is 0.508. The van der Waals surface area contributed by atoms with E-state index in [2.05, 4.69) is 41.4 Å². The molecule has 0 heterocycles. The van der Waals surface area contributed by atoms with Crippen LogP contribution in [0.4, 0.5) is 4.79 Å². The molecule has 0 spiro atoms. The summed E-state index contributed by atoms with van der Waals surface area (Å²) in [7, 11) is 0. The van der Waals surface area contributed by atoms with Crippen molar-refractivity contribution in [1.29, 1.82) is 0 Å². The maximum atomic E-state index is 12.1. The first-order valence-electron chi connectivity index (χ1n) is 9.59. The van der Waals surface area contributed by atoms with Gasteiger partial charge in [-0.2, -0.15) is 0 Å². The fourth-order valence-electron chi connectivity index (χ4n) is 3.62. The number of carbonyl (C=O) groups is 1. The molecule has 0 saturated carbocycles. The lowest BCUT2D eigenvalue weighted by molar-refractivity contribution is 0.143. The van der Waals surface area contributed by atoms with Crippen LogP contribution in [0.15, 0.2) is 72.8 Å². The first-order valence-corrected chi connectivity index (χ1v) is 9.59. The Balaban J connectivity index is 1.29. The molecule has 0 aliphatic heterocycles. The number of phenols is 1. The molecule has 3 aromatic carbocycles. The highest BCUT2D eigenvalue weighted by atomic mass is 16.5. The van der Waals surface area contributed by atoms with E-state index in [4.69, 9.17) is 4.74 Å². The average molecular weight is 383 g/mol. The van der Waals surface area contributed by atoms with E-state index < -0.39 is 6.09 Å². The van der Waals surface area contributed by atoms with Gasteiger partial charge in [0, 0.05) is 24.4 Å². The summed E-state index contributed by atoms with van der Waals surface area (Å²) in [5.41, 5.74) is 5.54. The summed E-state index contributed by atoms with van der Waals surface area (Å²) in [5.74, 6) is 6.17. The molecule has 4 heteroatoms. The van der Waals surface area contributed by atoms with Crippen molar-refractivity contribution >= 4 is 6.09 Å². The standard InChI is InChI=1S/C25H21NO3/c27-19-10-7-9-18(16-19)8-5-6-15-26-25(28)29-17-24-22-13-3-1-11-20(22)21-12-2-4-14-23(21)24/h1-4,7,9-14,16,24,27H,6,15,17H2,(H,26,28). The number of nitrogens with one attached hydrogen (secondary N) is 1. The molecule has 1 amide bonds. The molecular weight excluding hydrogens is 362 g/mol. The Labute approximate surface area is 170 Å². The third kappa shape index (κ3) is 4.25. The zero-order valence-corrected chi connectivity index (χ0v) is 15.9. The summed E-state index contributed by atoms with van der Waals surface area (Å²) in [6, 6.07) is 23.3. The topological polar surface area (TPSA) is 58.6 Å². The molecule has 1 aliphatic rings. The van der Waals surface area contributed by atoms with E-state index >= 15 is 0 Å². The number of aromatic hydroxyl groups is 1. The number of phenolic OH excluding ortho intramolecular Hbond substituents is 1. The zero-order chi connectivity index (χ0) is 20.1. The summed E-state index contributed by atoms with van der Waals surface area (Å²) in [6.07, 6.45) is 0.0610. The maximum Gasteiger partial charge on any atom is 0.407 e. The lowest BCUT2D eigenvalue weighted by atomic mass is 9.98. The van der Waals surface area contributed by atoms with Crippen LogP contribution >= 0.6 is 0 Å². The van der Waals surface area contributed by atoms with Gasteiger partial charge in [0.15, 0.2) is 0 Å². The summed E-state index contributed by atoms with van der Waals surface area (Å²) < 4.78 is 5.49. The predicted molar refractivity (Wildman–Crippen MR) is 113 cm³/mol. The van der Waals surface area contributed by atoms with Crippen LogP contribution in [0.3, 0.4) is 0 Å². The number of ether oxygens (including phenoxy) is 1. The van der Waals surface area contributed by atoms with Gasteiger partial charge in [-0.1, -0.05) is 66.4 Å². The molecule has 0 unspecified atom stereocenters. The molecule has 1 aliphatic carbocycles. The number of fused-ring (bicyclic) bond motifs is 3. The number of carbonyl (C=O) groups excluding carboxylic acids is 1. The van der Waals surface area contributed by atoms with Crippen molar-refractivity contribution in [3.05, 3.63) is 89.5 Å². The van der Waals surface area contributed by atoms with Crippen molar-refractivity contribution in [3.8, 4) is 28.7 Å². The molecule has 4 nitrogen and oxygen atoms in total. The summed E-state index contributed by atoms with van der Waals surface area (Å²) >= 11 is 0. The minimum Gasteiger partial charge on any atom is -0.508 e. The second-order valence-corrected chi connectivity index (χ2v) is 6.85. The van der Waals surface area contributed by atoms with Crippen LogP contribution in [0, 0.1) is 11.8 Å². The van der Waals surface area contributed by atoms with E-state index in [0.717, 1.165) is 5.56 Å². The van der Waals surface area contributed by atoms with E-state index in [1.165, 1.54) is 22.3 Å². The molecule has 0 aromatic heterocycles. The van der Waals surface area contributed by atoms with Crippen molar-refractivity contribution in [1.82, 2.24) is 5.32 Å². The minimum atomic E-state index is -0.439. The smallest absolute Gasteiger partial charge is 0.407 e. The van der Waals surface area contributed by atoms with E-state index in [9.17, 15) is 9.90 Å². The van der Waals surface area contributed by atoms with Gasteiger partial charge in [0.05, 0.1) is 0 Å². The first-order chi connectivity index (χ1) is 14.2. The lowest BCUT2D eigenvalue weighted by Crippen LogP contribution is -2.26. The maximum absolute atomic E-state index is 12.1. The van der Waals surface area contributed by atoms with Crippen LogP contribution < -0.4 is 5.32 Å². The third-order valence-electron chi connectivity index (χ3n) is 4.94. The van der Waals surface area contributed by atoms with Crippen LogP contribution in [-0.2, 0) is 4.74 Å². The van der Waals surface area contributed by atoms with Gasteiger partial charge in [0.2, 0.25) is 0 Å². The largest absolute Gasteiger partial charge is 0.508 e. The molecule has 144 valence electrons. The van der Waals surface area contributed by atoms with E-state index in [-0.39, 0.29) is 11.7 Å². The Morgan fingerprint density at radius 2 is 1.66 bits per heavy atom. The number of hydrogen-bond acceptors (Lipinski definition) is 3. The number of amides is 1. The van der Waals surface area contributed by atoms with Crippen LogP contribution in [0.1, 0.15) is 29.0 Å². The predicted octanol–water partition coefficient (Wildman–Crippen LogP) is 4.67. The van der Waals surface area contributed by atoms with Crippen molar-refractivity contribution in [3.63, 3.8) is 0 Å². The molecule has 4 rings (SSSR count). The highest BCUT2D eigenvalue weighted by molar-refractivity contribution is 5.79. The number of hydrogen-bond donors (Lipinski definition) is 2. The van der Waals surface area contributed by atoms with Gasteiger partial charge < -0.3 is 15.2 Å². The van der Waals surface area contributed by atoms with Crippen LogP contribution in [0.2, 0.25) is 0 Å². The molecule has 29 heavy (non-hydrogen) atoms. The molecule has 0 radical (unpaired) electrons. The fraction of sp³-hybridized carbons (Fsp3) is 0.160. The monoisotopic (exact) mass is 383 g/mol. The summed E-state index contributed by atoms with van der Waals surface area (Å²) in [4.78, 5) is 12.1. The molecule has 0 saturated heterocycles. The molecule has 0 atom stereocenters. The fourth-order valence-corrected chi connectivity index (χ4v) is 3.62. The van der Waals surface area contributed by atoms with Crippen molar-refractivity contribution in [2.45, 2.75) is 12.3 Å². The second kappa shape index (κ2) is 8.53. The third-order valence-corrected chi connectivity index (χ3v) is 4.94. The Morgan fingerprint density at radius 3 is 2.34 bits per heavy atom. The van der Waals surface area contributed by atoms with Gasteiger partial charge in [-0.05, 0) is 40.5 Å². The first kappa shape index (κ1) is 18.6. The molecule has 0 fully saturated rings. The molecular formula is C25H21NO3. The highest BCUT2D eigenvalue weighted by Crippen LogP contribution is 2.44. The van der Waals surface area contributed by atoms with Crippen LogP contribution in [-0.4, -0.2) is 24.4 Å². The minimum absolute atomic E-state index is 0.0544. The Bertz CT molecular complexity index is 1050. The highest BCUT2D eigenvalue weighted by Gasteiger charge is 2.28. The van der Waals surface area contributed by atoms with Gasteiger partial charge in [0.1, 0.15) is 12.4 Å². The number of alkyl carbamates (subject to hydrolysis) is 1. The van der Waals surface area contributed by atoms with Gasteiger partial charge in [-0.25, -0.2) is 4.79 Å². The van der Waals surface area contributed by atoms with Gasteiger partial charge >= 0.3 is 6.09 Å². The van der Waals surface area contributed by atoms with E-state index in [0.29, 0.717) is 19.6 Å². The van der Waals surface area contributed by atoms with Crippen LogP contribution in [0.5, 0.6) is 5.75 Å². The summed E-state index contributed by atoms with van der Waals surface area (Å²) in [6.45, 7) is 0.706. The van der Waals surface area contributed by atoms with Crippen molar-refractivity contribution < 1.29 is 14.6 Å². The van der Waals surface area contributed by atoms with E-state index in [1.54, 1.807) is 18.2 Å². The second-order valence-electron chi connectivity index (χ2n) is 6.85. The van der Waals surface area contributed by atoms with Crippen LogP contribution in [0.25, 0.3) is 11.1 Å². The summed E-state index contributed by atoms with van der Waals surface area (Å²) in [5, 5.41) is 12.2. The Hall–Kier alpha value is -3.71. The van der Waals surface area contributed by atoms with Gasteiger partial charge in [-0.3, -0.25) is 0 Å². The number of rotatable bonds is 4. The van der Waals surface area contributed by atoms with Crippen molar-refractivity contribution in [2.24, 2.45) is 0 Å². The number of benzene rings is 3. The Morgan fingerprint density at radius 1 is 0.966 bits per heavy atom. The average Bonchev–Trinajstić information content (AvgIpc) is 3.06. The molecule has 0 bridgehead atoms. The van der Waals surface area contributed by atoms with Crippen molar-refractivity contribution in [2.75, 3.05) is 13.2 Å². The Kier molecular flexibility index (Phi) is 5.49. The van der Waals surface area contributed by atoms with Gasteiger partial charge in [-0.15, -0.1) is 0 Å². The zero-order valence-electron chi connectivity index (χ0n) is 15.9. The van der Waals surface area contributed by atoms with E-state index in [1.807, 2.05) is 30.3 Å².